The van der Waals surface area contributed by atoms with Gasteiger partial charge in [-0.05, 0) is 37.1 Å². The van der Waals surface area contributed by atoms with E-state index in [9.17, 15) is 13.2 Å². The topological polar surface area (TPSA) is 66.9 Å². The van der Waals surface area contributed by atoms with Gasteiger partial charge >= 0.3 is 0 Å². The minimum absolute atomic E-state index is 0.116. The summed E-state index contributed by atoms with van der Waals surface area (Å²) < 4.78 is 31.9. The van der Waals surface area contributed by atoms with Gasteiger partial charge in [0.2, 0.25) is 9.84 Å². The zero-order valence-corrected chi connectivity index (χ0v) is 15.7. The first-order chi connectivity index (χ1) is 11.8. The van der Waals surface area contributed by atoms with Crippen LogP contribution in [0.25, 0.3) is 0 Å². The van der Waals surface area contributed by atoms with Gasteiger partial charge in [-0.3, -0.25) is 9.69 Å². The molecule has 25 heavy (non-hydrogen) atoms. The molecule has 0 radical (unpaired) electrons. The van der Waals surface area contributed by atoms with E-state index < -0.39 is 20.6 Å². The molecule has 1 saturated carbocycles. The molecule has 1 aromatic rings. The van der Waals surface area contributed by atoms with Crippen molar-refractivity contribution in [2.24, 2.45) is 0 Å². The molecule has 1 aliphatic heterocycles. The highest BCUT2D eigenvalue weighted by Crippen LogP contribution is 2.49. The van der Waals surface area contributed by atoms with Crippen LogP contribution in [0.2, 0.25) is 0 Å². The van der Waals surface area contributed by atoms with E-state index in [0.29, 0.717) is 24.3 Å². The molecule has 1 aromatic carbocycles. The van der Waals surface area contributed by atoms with Crippen LogP contribution in [0.3, 0.4) is 0 Å². The smallest absolute Gasteiger partial charge is 0.272 e. The zero-order chi connectivity index (χ0) is 18.2. The fourth-order valence-corrected chi connectivity index (χ4v) is 6.11. The van der Waals surface area contributed by atoms with E-state index in [4.69, 9.17) is 4.74 Å². The van der Waals surface area contributed by atoms with Gasteiger partial charge in [0.25, 0.3) is 5.91 Å². The van der Waals surface area contributed by atoms with Crippen LogP contribution in [0.4, 0.5) is 5.69 Å². The summed E-state index contributed by atoms with van der Waals surface area (Å²) in [5.74, 6) is 0.223. The number of methoxy groups -OCH3 is 1. The molecular weight excluding hydrogens is 340 g/mol. The van der Waals surface area contributed by atoms with Crippen molar-refractivity contribution < 1.29 is 17.9 Å². The molecule has 7 heteroatoms. The lowest BCUT2D eigenvalue weighted by Gasteiger charge is -2.39. The molecule has 0 aromatic heterocycles. The molecule has 2 aliphatic rings. The van der Waals surface area contributed by atoms with Gasteiger partial charge in [0, 0.05) is 26.0 Å². The maximum absolute atomic E-state index is 13.3. The molecule has 1 saturated heterocycles. The van der Waals surface area contributed by atoms with Gasteiger partial charge in [0.15, 0.2) is 9.78 Å². The Morgan fingerprint density at radius 3 is 2.24 bits per heavy atom. The lowest BCUT2D eigenvalue weighted by atomic mass is 9.93. The average molecular weight is 364 g/mol. The van der Waals surface area contributed by atoms with Crippen LogP contribution in [0.5, 0.6) is 5.75 Å². The first-order valence-electron chi connectivity index (χ1n) is 8.45. The second-order valence-electron chi connectivity index (χ2n) is 6.81. The van der Waals surface area contributed by atoms with Crippen LogP contribution >= 0.6 is 0 Å². The molecule has 136 valence electrons. The number of ether oxygens (including phenoxy) is 1. The normalized spacial score (nSPS) is 23.2. The summed E-state index contributed by atoms with van der Waals surface area (Å²) in [4.78, 5) is 14.9. The number of sulfone groups is 1. The highest BCUT2D eigenvalue weighted by molar-refractivity contribution is 7.98. The number of rotatable bonds is 3. The second kappa shape index (κ2) is 6.37. The molecule has 0 bridgehead atoms. The fourth-order valence-electron chi connectivity index (χ4n) is 3.77. The maximum Gasteiger partial charge on any atom is 0.272 e. The number of benzene rings is 1. The first-order valence-corrected chi connectivity index (χ1v) is 9.93. The molecule has 0 atom stereocenters. The molecule has 3 rings (SSSR count). The standard InChI is InChI=1S/C18H24N2O4S/c1-19(2)13-16-17(21)20(14-7-9-15(24-3)10-8-14)18(25(16,22)23)11-5-4-6-12-18/h7-10,13H,4-6,11-12H2,1-3H3/b16-13+. The Morgan fingerprint density at radius 2 is 1.72 bits per heavy atom. The third kappa shape index (κ3) is 2.70. The van der Waals surface area contributed by atoms with E-state index in [1.165, 1.54) is 11.1 Å². The Kier molecular flexibility index (Phi) is 4.53. The molecule has 0 unspecified atom stereocenters. The van der Waals surface area contributed by atoms with Crippen LogP contribution in [0.15, 0.2) is 35.4 Å². The quantitative estimate of drug-likeness (QED) is 0.771. The predicted octanol–water partition coefficient (Wildman–Crippen LogP) is 2.52. The summed E-state index contributed by atoms with van der Waals surface area (Å²) >= 11 is 0. The average Bonchev–Trinajstić information content (AvgIpc) is 2.74. The van der Waals surface area contributed by atoms with Crippen molar-refractivity contribution in [3.63, 3.8) is 0 Å². The van der Waals surface area contributed by atoms with Crippen LogP contribution < -0.4 is 9.64 Å². The van der Waals surface area contributed by atoms with E-state index in [-0.39, 0.29) is 4.91 Å². The largest absolute Gasteiger partial charge is 0.497 e. The van der Waals surface area contributed by atoms with Gasteiger partial charge in [-0.1, -0.05) is 19.3 Å². The summed E-state index contributed by atoms with van der Waals surface area (Å²) in [6, 6.07) is 7.00. The van der Waals surface area contributed by atoms with Crippen LogP contribution in [-0.2, 0) is 14.6 Å². The summed E-state index contributed by atoms with van der Waals surface area (Å²) in [6.45, 7) is 0. The Morgan fingerprint density at radius 1 is 1.12 bits per heavy atom. The van der Waals surface area contributed by atoms with E-state index in [1.807, 2.05) is 0 Å². The van der Waals surface area contributed by atoms with Crippen molar-refractivity contribution in [1.29, 1.82) is 0 Å². The van der Waals surface area contributed by atoms with Crippen molar-refractivity contribution in [2.75, 3.05) is 26.1 Å². The van der Waals surface area contributed by atoms with Crippen molar-refractivity contribution in [1.82, 2.24) is 4.90 Å². The van der Waals surface area contributed by atoms with Crippen molar-refractivity contribution >= 4 is 21.4 Å². The van der Waals surface area contributed by atoms with Crippen LogP contribution in [0, 0.1) is 0 Å². The number of amides is 1. The third-order valence-electron chi connectivity index (χ3n) is 4.95. The van der Waals surface area contributed by atoms with Gasteiger partial charge in [-0.25, -0.2) is 8.42 Å². The summed E-state index contributed by atoms with van der Waals surface area (Å²) in [7, 11) is 1.27. The van der Waals surface area contributed by atoms with Gasteiger partial charge in [-0.2, -0.15) is 0 Å². The molecule has 1 aliphatic carbocycles. The minimum Gasteiger partial charge on any atom is -0.497 e. The number of hydrogen-bond donors (Lipinski definition) is 0. The Hall–Kier alpha value is -2.02. The molecule has 1 amide bonds. The van der Waals surface area contributed by atoms with Gasteiger partial charge < -0.3 is 9.64 Å². The highest BCUT2D eigenvalue weighted by atomic mass is 32.2. The summed E-state index contributed by atoms with van der Waals surface area (Å²) in [6.07, 6.45) is 4.96. The first kappa shape index (κ1) is 17.8. The Labute approximate surface area is 149 Å². The highest BCUT2D eigenvalue weighted by Gasteiger charge is 2.61. The fraction of sp³-hybridized carbons (Fsp3) is 0.500. The van der Waals surface area contributed by atoms with E-state index in [2.05, 4.69) is 0 Å². The van der Waals surface area contributed by atoms with E-state index >= 15 is 0 Å². The number of nitrogens with zero attached hydrogens (tertiary/aromatic N) is 2. The number of anilines is 1. The lowest BCUT2D eigenvalue weighted by molar-refractivity contribution is -0.114. The van der Waals surface area contributed by atoms with Gasteiger partial charge in [-0.15, -0.1) is 0 Å². The molecule has 0 N–H and O–H groups in total. The SMILES string of the molecule is COc1ccc(N2C(=O)/C(=C\N(C)C)S(=O)(=O)C23CCCCC3)cc1. The molecule has 6 nitrogen and oxygen atoms in total. The molecule has 1 heterocycles. The van der Waals surface area contributed by atoms with Crippen LogP contribution in [0.1, 0.15) is 32.1 Å². The van der Waals surface area contributed by atoms with Crippen molar-refractivity contribution in [3.8, 4) is 5.75 Å². The van der Waals surface area contributed by atoms with Crippen molar-refractivity contribution in [2.45, 2.75) is 37.0 Å². The molecule has 2 fully saturated rings. The van der Waals surface area contributed by atoms with Crippen molar-refractivity contribution in [3.05, 3.63) is 35.4 Å². The van der Waals surface area contributed by atoms with E-state index in [1.54, 1.807) is 50.4 Å². The molecular formula is C18H24N2O4S. The number of hydrogen-bond acceptors (Lipinski definition) is 5. The Balaban J connectivity index is 2.18. The van der Waals surface area contributed by atoms with Crippen LogP contribution in [-0.4, -0.2) is 45.3 Å². The lowest BCUT2D eigenvalue weighted by Crippen LogP contribution is -2.51. The maximum atomic E-state index is 13.3. The van der Waals surface area contributed by atoms with Gasteiger partial charge in [0.1, 0.15) is 5.75 Å². The third-order valence-corrected chi connectivity index (χ3v) is 7.40. The zero-order valence-electron chi connectivity index (χ0n) is 14.9. The summed E-state index contributed by atoms with van der Waals surface area (Å²) in [5, 5.41) is 0. The number of carbonyl (C=O) groups excluding carboxylic acids is 1. The predicted molar refractivity (Wildman–Crippen MR) is 97.0 cm³/mol. The van der Waals surface area contributed by atoms with E-state index in [0.717, 1.165) is 19.3 Å². The summed E-state index contributed by atoms with van der Waals surface area (Å²) in [5.41, 5.74) is 0.596. The monoisotopic (exact) mass is 364 g/mol. The second-order valence-corrected chi connectivity index (χ2v) is 9.01. The van der Waals surface area contributed by atoms with Gasteiger partial charge in [0.05, 0.1) is 7.11 Å². The minimum atomic E-state index is -3.74. The Bertz CT molecular complexity index is 791. The molecule has 1 spiro atoms. The number of carbonyl (C=O) groups is 1.